The van der Waals surface area contributed by atoms with Crippen LogP contribution in [-0.4, -0.2) is 25.6 Å². The summed E-state index contributed by atoms with van der Waals surface area (Å²) < 4.78 is 22.1. The third-order valence-electron chi connectivity index (χ3n) is 4.50. The van der Waals surface area contributed by atoms with E-state index in [2.05, 4.69) is 9.97 Å². The summed E-state index contributed by atoms with van der Waals surface area (Å²) in [4.78, 5) is 19.2. The maximum absolute atomic E-state index is 14.7. The molecular weight excluding hydrogens is 337 g/mol. The Morgan fingerprint density at radius 3 is 2.88 bits per heavy atom. The van der Waals surface area contributed by atoms with Gasteiger partial charge in [0.1, 0.15) is 30.3 Å². The maximum atomic E-state index is 14.7. The standard InChI is InChI=1S/C19H16FN3O3/c20-18-12(2-1-3-14(18)15-8-16(15)19(24)25)10-26-13-4-5-17(22-9-13)23-7-6-21-11-23/h1-7,9,11,15-16H,8,10H2,(H,24,25). The summed E-state index contributed by atoms with van der Waals surface area (Å²) in [7, 11) is 0. The Kier molecular flexibility index (Phi) is 4.12. The first-order chi connectivity index (χ1) is 12.6. The number of rotatable bonds is 6. The van der Waals surface area contributed by atoms with Crippen LogP contribution in [0.15, 0.2) is 55.2 Å². The van der Waals surface area contributed by atoms with Crippen molar-refractivity contribution in [3.8, 4) is 11.6 Å². The molecule has 2 aromatic heterocycles. The first-order valence-corrected chi connectivity index (χ1v) is 8.21. The van der Waals surface area contributed by atoms with Gasteiger partial charge in [-0.1, -0.05) is 18.2 Å². The van der Waals surface area contributed by atoms with Gasteiger partial charge in [0.15, 0.2) is 0 Å². The summed E-state index contributed by atoms with van der Waals surface area (Å²) in [6.07, 6.45) is 7.14. The van der Waals surface area contributed by atoms with Crippen LogP contribution in [0.1, 0.15) is 23.5 Å². The molecule has 2 unspecified atom stereocenters. The van der Waals surface area contributed by atoms with E-state index in [4.69, 9.17) is 9.84 Å². The van der Waals surface area contributed by atoms with Gasteiger partial charge >= 0.3 is 5.97 Å². The molecule has 26 heavy (non-hydrogen) atoms. The Bertz CT molecular complexity index is 926. The lowest BCUT2D eigenvalue weighted by atomic mass is 10.0. The summed E-state index contributed by atoms with van der Waals surface area (Å²) in [5.41, 5.74) is 0.851. The number of carboxylic acid groups (broad SMARTS) is 1. The number of pyridine rings is 1. The SMILES string of the molecule is O=C(O)C1CC1c1cccc(COc2ccc(-n3ccnc3)nc2)c1F. The highest BCUT2D eigenvalue weighted by Crippen LogP contribution is 2.48. The molecule has 0 bridgehead atoms. The molecule has 1 saturated carbocycles. The summed E-state index contributed by atoms with van der Waals surface area (Å²) in [5.74, 6) is -0.765. The van der Waals surface area contributed by atoms with Crippen molar-refractivity contribution in [3.05, 3.63) is 72.2 Å². The number of carboxylic acids is 1. The Hall–Kier alpha value is -3.22. The highest BCUT2D eigenvalue weighted by atomic mass is 19.1. The fraction of sp³-hybridized carbons (Fsp3) is 0.211. The van der Waals surface area contributed by atoms with Crippen molar-refractivity contribution in [2.75, 3.05) is 0 Å². The number of aromatic nitrogens is 3. The number of carbonyl (C=O) groups is 1. The van der Waals surface area contributed by atoms with E-state index in [1.54, 1.807) is 59.8 Å². The van der Waals surface area contributed by atoms with Gasteiger partial charge in [0.05, 0.1) is 12.1 Å². The fourth-order valence-electron chi connectivity index (χ4n) is 2.98. The summed E-state index contributed by atoms with van der Waals surface area (Å²) >= 11 is 0. The molecule has 1 aliphatic rings. The van der Waals surface area contributed by atoms with Crippen LogP contribution in [0.4, 0.5) is 4.39 Å². The molecule has 1 fully saturated rings. The first kappa shape index (κ1) is 16.3. The van der Waals surface area contributed by atoms with Crippen LogP contribution in [0.5, 0.6) is 5.75 Å². The second-order valence-electron chi connectivity index (χ2n) is 6.22. The van der Waals surface area contributed by atoms with Crippen LogP contribution in [0.25, 0.3) is 5.82 Å². The van der Waals surface area contributed by atoms with Crippen molar-refractivity contribution in [2.45, 2.75) is 18.9 Å². The lowest BCUT2D eigenvalue weighted by Gasteiger charge is -2.10. The quantitative estimate of drug-likeness (QED) is 0.736. The lowest BCUT2D eigenvalue weighted by molar-refractivity contribution is -0.138. The molecule has 6 nitrogen and oxygen atoms in total. The molecule has 0 radical (unpaired) electrons. The van der Waals surface area contributed by atoms with Crippen LogP contribution in [0.2, 0.25) is 0 Å². The second-order valence-corrected chi connectivity index (χ2v) is 6.22. The summed E-state index contributed by atoms with van der Waals surface area (Å²) in [5, 5.41) is 9.03. The van der Waals surface area contributed by atoms with Gasteiger partial charge < -0.3 is 9.84 Å². The highest BCUT2D eigenvalue weighted by molar-refractivity contribution is 5.75. The molecule has 7 heteroatoms. The number of benzene rings is 1. The topological polar surface area (TPSA) is 77.2 Å². The van der Waals surface area contributed by atoms with E-state index in [1.807, 2.05) is 0 Å². The highest BCUT2D eigenvalue weighted by Gasteiger charge is 2.45. The molecular formula is C19H16FN3O3. The Labute approximate surface area is 148 Å². The molecule has 1 aromatic carbocycles. The Morgan fingerprint density at radius 2 is 2.23 bits per heavy atom. The van der Waals surface area contributed by atoms with Crippen molar-refractivity contribution in [2.24, 2.45) is 5.92 Å². The van der Waals surface area contributed by atoms with Crippen molar-refractivity contribution >= 4 is 5.97 Å². The second kappa shape index (κ2) is 6.59. The van der Waals surface area contributed by atoms with E-state index in [0.29, 0.717) is 29.1 Å². The van der Waals surface area contributed by atoms with Crippen LogP contribution < -0.4 is 4.74 Å². The minimum atomic E-state index is -0.875. The number of aliphatic carboxylic acids is 1. The average Bonchev–Trinajstić information content (AvgIpc) is 3.26. The van der Waals surface area contributed by atoms with E-state index in [1.165, 1.54) is 0 Å². The molecule has 3 aromatic rings. The van der Waals surface area contributed by atoms with Crippen molar-refractivity contribution in [3.63, 3.8) is 0 Å². The average molecular weight is 353 g/mol. The van der Waals surface area contributed by atoms with Crippen molar-refractivity contribution in [1.82, 2.24) is 14.5 Å². The van der Waals surface area contributed by atoms with Gasteiger partial charge in [0.2, 0.25) is 0 Å². The molecule has 1 N–H and O–H groups in total. The third-order valence-corrected chi connectivity index (χ3v) is 4.50. The lowest BCUT2D eigenvalue weighted by Crippen LogP contribution is -2.04. The normalized spacial score (nSPS) is 18.5. The fourth-order valence-corrected chi connectivity index (χ4v) is 2.98. The number of nitrogens with zero attached hydrogens (tertiary/aromatic N) is 3. The molecule has 0 spiro atoms. The number of hydrogen-bond donors (Lipinski definition) is 1. The zero-order valence-corrected chi connectivity index (χ0v) is 13.7. The van der Waals surface area contributed by atoms with E-state index in [9.17, 15) is 9.18 Å². The van der Waals surface area contributed by atoms with Gasteiger partial charge in [-0.25, -0.2) is 14.4 Å². The van der Waals surface area contributed by atoms with Gasteiger partial charge in [-0.05, 0) is 24.1 Å². The van der Waals surface area contributed by atoms with Gasteiger partial charge in [0.25, 0.3) is 0 Å². The largest absolute Gasteiger partial charge is 0.487 e. The smallest absolute Gasteiger partial charge is 0.307 e. The van der Waals surface area contributed by atoms with Crippen LogP contribution in [0, 0.1) is 11.7 Å². The Morgan fingerprint density at radius 1 is 1.35 bits per heavy atom. The summed E-state index contributed by atoms with van der Waals surface area (Å²) in [6, 6.07) is 8.56. The Balaban J connectivity index is 1.44. The van der Waals surface area contributed by atoms with Crippen LogP contribution in [0.3, 0.4) is 0 Å². The van der Waals surface area contributed by atoms with E-state index in [0.717, 1.165) is 0 Å². The van der Waals surface area contributed by atoms with Gasteiger partial charge in [-0.15, -0.1) is 0 Å². The molecule has 4 rings (SSSR count). The van der Waals surface area contributed by atoms with E-state index >= 15 is 0 Å². The third kappa shape index (κ3) is 3.15. The maximum Gasteiger partial charge on any atom is 0.307 e. The minimum absolute atomic E-state index is 0.0518. The monoisotopic (exact) mass is 353 g/mol. The predicted molar refractivity (Wildman–Crippen MR) is 90.6 cm³/mol. The van der Waals surface area contributed by atoms with Crippen molar-refractivity contribution < 1.29 is 19.0 Å². The minimum Gasteiger partial charge on any atom is -0.487 e. The molecule has 0 saturated heterocycles. The van der Waals surface area contributed by atoms with Crippen LogP contribution in [-0.2, 0) is 11.4 Å². The first-order valence-electron chi connectivity index (χ1n) is 8.21. The van der Waals surface area contributed by atoms with Gasteiger partial charge in [-0.2, -0.15) is 0 Å². The number of imidazole rings is 1. The van der Waals surface area contributed by atoms with E-state index in [-0.39, 0.29) is 18.3 Å². The molecule has 2 atom stereocenters. The zero-order valence-electron chi connectivity index (χ0n) is 13.7. The predicted octanol–water partition coefficient (Wildman–Crippen LogP) is 3.17. The summed E-state index contributed by atoms with van der Waals surface area (Å²) in [6.45, 7) is 0.0518. The van der Waals surface area contributed by atoms with Crippen molar-refractivity contribution in [1.29, 1.82) is 0 Å². The molecule has 2 heterocycles. The molecule has 1 aliphatic carbocycles. The number of hydrogen-bond acceptors (Lipinski definition) is 4. The molecule has 132 valence electrons. The number of halogens is 1. The molecule has 0 amide bonds. The van der Waals surface area contributed by atoms with Crippen LogP contribution >= 0.6 is 0 Å². The van der Waals surface area contributed by atoms with E-state index < -0.39 is 11.9 Å². The zero-order chi connectivity index (χ0) is 18.1. The number of ether oxygens (including phenoxy) is 1. The van der Waals surface area contributed by atoms with Gasteiger partial charge in [0, 0.05) is 23.9 Å². The van der Waals surface area contributed by atoms with Gasteiger partial charge in [-0.3, -0.25) is 9.36 Å². The molecule has 0 aliphatic heterocycles.